The first-order chi connectivity index (χ1) is 17.4. The molecule has 0 fully saturated rings. The van der Waals surface area contributed by atoms with E-state index >= 15 is 0 Å². The summed E-state index contributed by atoms with van der Waals surface area (Å²) in [4.78, 5) is 12.5. The number of carbonyl (C=O) groups excluding carboxylic acids is 1. The Balaban J connectivity index is 1.95. The molecular formula is C29H29FO6. The first kappa shape index (κ1) is 26.3. The Morgan fingerprint density at radius 3 is 1.92 bits per heavy atom. The minimum Gasteiger partial charge on any atom is -0.493 e. The molecule has 0 saturated carbocycles. The van der Waals surface area contributed by atoms with Crippen molar-refractivity contribution in [2.24, 2.45) is 0 Å². The van der Waals surface area contributed by atoms with Gasteiger partial charge in [-0.05, 0) is 66.1 Å². The van der Waals surface area contributed by atoms with Crippen molar-refractivity contribution < 1.29 is 32.9 Å². The maximum absolute atomic E-state index is 13.2. The molecule has 3 aromatic rings. The van der Waals surface area contributed by atoms with Crippen molar-refractivity contribution in [2.45, 2.75) is 6.42 Å². The van der Waals surface area contributed by atoms with Crippen LogP contribution in [-0.4, -0.2) is 41.3 Å². The Bertz CT molecular complexity index is 1240. The van der Waals surface area contributed by atoms with Crippen LogP contribution < -0.4 is 23.7 Å². The van der Waals surface area contributed by atoms with E-state index in [9.17, 15) is 9.18 Å². The lowest BCUT2D eigenvalue weighted by Gasteiger charge is -2.15. The number of halogens is 1. The second-order valence-corrected chi connectivity index (χ2v) is 7.64. The first-order valence-electron chi connectivity index (χ1n) is 11.1. The molecule has 6 nitrogen and oxygen atoms in total. The Labute approximate surface area is 210 Å². The maximum Gasteiger partial charge on any atom is 0.203 e. The monoisotopic (exact) mass is 492 g/mol. The van der Waals surface area contributed by atoms with Gasteiger partial charge in [-0.2, -0.15) is 0 Å². The Morgan fingerprint density at radius 2 is 1.36 bits per heavy atom. The SMILES string of the molecule is COc1cc(/C=C\c2ccc(OC)c(OC)c2C/C=C\C(=O)c2ccc(F)cc2)cc(OC)c1OC. The molecular weight excluding hydrogens is 463 g/mol. The van der Waals surface area contributed by atoms with Crippen LogP contribution in [0.15, 0.2) is 60.7 Å². The van der Waals surface area contributed by atoms with Crippen molar-refractivity contribution in [3.8, 4) is 28.7 Å². The van der Waals surface area contributed by atoms with Gasteiger partial charge in [-0.15, -0.1) is 0 Å². The molecule has 188 valence electrons. The molecule has 0 aromatic heterocycles. The highest BCUT2D eigenvalue weighted by Gasteiger charge is 2.15. The van der Waals surface area contributed by atoms with Crippen LogP contribution in [0.4, 0.5) is 4.39 Å². The summed E-state index contributed by atoms with van der Waals surface area (Å²) in [7, 11) is 7.83. The van der Waals surface area contributed by atoms with Crippen LogP contribution in [0.3, 0.4) is 0 Å². The van der Waals surface area contributed by atoms with Crippen LogP contribution in [0.2, 0.25) is 0 Å². The van der Waals surface area contributed by atoms with E-state index in [-0.39, 0.29) is 11.6 Å². The third-order valence-corrected chi connectivity index (χ3v) is 5.55. The molecule has 0 aliphatic rings. The molecule has 0 unspecified atom stereocenters. The highest BCUT2D eigenvalue weighted by atomic mass is 19.1. The third-order valence-electron chi connectivity index (χ3n) is 5.55. The molecule has 0 aliphatic heterocycles. The number of hydrogen-bond acceptors (Lipinski definition) is 6. The van der Waals surface area contributed by atoms with Gasteiger partial charge in [0.05, 0.1) is 35.5 Å². The lowest BCUT2D eigenvalue weighted by molar-refractivity contribution is 0.104. The standard InChI is InChI=1S/C29H29FO6/c1-32-25-16-13-20(10-9-19-17-26(33-2)29(36-5)27(18-19)34-3)23(28(25)35-4)7-6-8-24(31)21-11-14-22(30)15-12-21/h6,8-18H,7H2,1-5H3/b8-6-,10-9-. The fraction of sp³-hybridized carbons (Fsp3) is 0.207. The van der Waals surface area contributed by atoms with E-state index in [4.69, 9.17) is 23.7 Å². The minimum atomic E-state index is -0.389. The molecule has 36 heavy (non-hydrogen) atoms. The molecule has 0 N–H and O–H groups in total. The zero-order chi connectivity index (χ0) is 26.1. The van der Waals surface area contributed by atoms with Crippen LogP contribution in [0, 0.1) is 5.82 Å². The molecule has 3 aromatic carbocycles. The fourth-order valence-corrected chi connectivity index (χ4v) is 3.75. The second-order valence-electron chi connectivity index (χ2n) is 7.64. The fourth-order valence-electron chi connectivity index (χ4n) is 3.75. The molecule has 0 heterocycles. The highest BCUT2D eigenvalue weighted by Crippen LogP contribution is 2.39. The van der Waals surface area contributed by atoms with Crippen molar-refractivity contribution in [2.75, 3.05) is 35.5 Å². The maximum atomic E-state index is 13.2. The van der Waals surface area contributed by atoms with Gasteiger partial charge in [0.2, 0.25) is 5.75 Å². The molecule has 0 aliphatic carbocycles. The van der Waals surface area contributed by atoms with Gasteiger partial charge < -0.3 is 23.7 Å². The van der Waals surface area contributed by atoms with Gasteiger partial charge in [-0.3, -0.25) is 4.79 Å². The van der Waals surface area contributed by atoms with Crippen molar-refractivity contribution >= 4 is 17.9 Å². The van der Waals surface area contributed by atoms with Gasteiger partial charge in [-0.1, -0.05) is 24.3 Å². The average Bonchev–Trinajstić information content (AvgIpc) is 2.91. The van der Waals surface area contributed by atoms with E-state index < -0.39 is 0 Å². The summed E-state index contributed by atoms with van der Waals surface area (Å²) in [5.41, 5.74) is 2.96. The van der Waals surface area contributed by atoms with Crippen molar-refractivity contribution in [3.63, 3.8) is 0 Å². The van der Waals surface area contributed by atoms with Gasteiger partial charge in [-0.25, -0.2) is 4.39 Å². The van der Waals surface area contributed by atoms with E-state index in [1.54, 1.807) is 41.6 Å². The van der Waals surface area contributed by atoms with Gasteiger partial charge in [0, 0.05) is 11.1 Å². The van der Waals surface area contributed by atoms with E-state index in [1.807, 2.05) is 36.4 Å². The van der Waals surface area contributed by atoms with Crippen LogP contribution in [0.1, 0.15) is 27.0 Å². The number of hydrogen-bond donors (Lipinski definition) is 0. The van der Waals surface area contributed by atoms with Crippen LogP contribution in [0.5, 0.6) is 28.7 Å². The van der Waals surface area contributed by atoms with Gasteiger partial charge in [0.25, 0.3) is 0 Å². The van der Waals surface area contributed by atoms with Gasteiger partial charge >= 0.3 is 0 Å². The normalized spacial score (nSPS) is 11.1. The summed E-state index contributed by atoms with van der Waals surface area (Å²) in [5, 5.41) is 0. The lowest BCUT2D eigenvalue weighted by Crippen LogP contribution is -1.99. The molecule has 3 rings (SSSR count). The van der Waals surface area contributed by atoms with Crippen LogP contribution >= 0.6 is 0 Å². The van der Waals surface area contributed by atoms with Crippen LogP contribution in [-0.2, 0) is 6.42 Å². The molecule has 0 radical (unpaired) electrons. The van der Waals surface area contributed by atoms with E-state index in [2.05, 4.69) is 0 Å². The summed E-state index contributed by atoms with van der Waals surface area (Å²) < 4.78 is 40.5. The van der Waals surface area contributed by atoms with Crippen molar-refractivity contribution in [1.29, 1.82) is 0 Å². The Hall–Kier alpha value is -4.26. The number of ketones is 1. The molecule has 0 atom stereocenters. The lowest BCUT2D eigenvalue weighted by atomic mass is 10.00. The van der Waals surface area contributed by atoms with Crippen molar-refractivity contribution in [1.82, 2.24) is 0 Å². The van der Waals surface area contributed by atoms with Gasteiger partial charge in [0.15, 0.2) is 28.8 Å². The Morgan fingerprint density at radius 1 is 0.750 bits per heavy atom. The van der Waals surface area contributed by atoms with Crippen LogP contribution in [0.25, 0.3) is 12.2 Å². The topological polar surface area (TPSA) is 63.2 Å². The largest absolute Gasteiger partial charge is 0.493 e. The smallest absolute Gasteiger partial charge is 0.203 e. The molecule has 0 spiro atoms. The number of methoxy groups -OCH3 is 5. The summed E-state index contributed by atoms with van der Waals surface area (Å²) >= 11 is 0. The zero-order valence-electron chi connectivity index (χ0n) is 21.0. The predicted octanol–water partition coefficient (Wildman–Crippen LogP) is 6.02. The van der Waals surface area contributed by atoms with E-state index in [0.29, 0.717) is 40.7 Å². The highest BCUT2D eigenvalue weighted by molar-refractivity contribution is 6.04. The minimum absolute atomic E-state index is 0.216. The van der Waals surface area contributed by atoms with Crippen molar-refractivity contribution in [3.05, 3.63) is 88.8 Å². The average molecular weight is 493 g/mol. The number of rotatable bonds is 11. The molecule has 0 bridgehead atoms. The number of allylic oxidation sites excluding steroid dienone is 2. The third kappa shape index (κ3) is 6.05. The zero-order valence-corrected chi connectivity index (χ0v) is 21.0. The first-order valence-corrected chi connectivity index (χ1v) is 11.1. The number of ether oxygens (including phenoxy) is 5. The summed E-state index contributed by atoms with van der Waals surface area (Å²) in [6.45, 7) is 0. The number of carbonyl (C=O) groups is 1. The second kappa shape index (κ2) is 12.4. The molecule has 0 amide bonds. The molecule has 7 heteroatoms. The summed E-state index contributed by atoms with van der Waals surface area (Å²) in [5.74, 6) is 2.16. The predicted molar refractivity (Wildman–Crippen MR) is 138 cm³/mol. The molecule has 0 saturated heterocycles. The van der Waals surface area contributed by atoms with E-state index in [1.165, 1.54) is 30.3 Å². The summed E-state index contributed by atoms with van der Waals surface area (Å²) in [6.07, 6.45) is 7.48. The quantitative estimate of drug-likeness (QED) is 0.185. The van der Waals surface area contributed by atoms with Gasteiger partial charge in [0.1, 0.15) is 5.82 Å². The summed E-state index contributed by atoms with van der Waals surface area (Å²) in [6, 6.07) is 12.9. The Kier molecular flexibility index (Phi) is 9.11. The number of benzene rings is 3. The van der Waals surface area contributed by atoms with E-state index in [0.717, 1.165) is 16.7 Å².